The van der Waals surface area contributed by atoms with Gasteiger partial charge in [0.15, 0.2) is 0 Å². The van der Waals surface area contributed by atoms with E-state index in [4.69, 9.17) is 15.7 Å². The first-order valence-corrected chi connectivity index (χ1v) is 3.45. The summed E-state index contributed by atoms with van der Waals surface area (Å²) in [7, 11) is -2.55. The fourth-order valence-electron chi connectivity index (χ4n) is 0.257. The molecule has 52 valence electrons. The Morgan fingerprint density at radius 3 is 2.33 bits per heavy atom. The molecule has 0 heterocycles. The Bertz CT molecular complexity index is 136. The molecule has 0 aliphatic heterocycles. The van der Waals surface area contributed by atoms with Crippen LogP contribution in [0.25, 0.3) is 0 Å². The second-order valence-corrected chi connectivity index (χ2v) is 2.74. The van der Waals surface area contributed by atoms with E-state index in [2.05, 4.69) is 0 Å². The molecule has 0 amide bonds. The summed E-state index contributed by atoms with van der Waals surface area (Å²) < 4.78 is 9.99. The van der Waals surface area contributed by atoms with Gasteiger partial charge in [0.2, 0.25) is 5.78 Å². The highest BCUT2D eigenvalue weighted by molar-refractivity contribution is 7.38. The maximum Gasteiger partial charge on any atom is 0.525 e. The van der Waals surface area contributed by atoms with E-state index in [0.29, 0.717) is 0 Å². The van der Waals surface area contributed by atoms with E-state index in [9.17, 15) is 9.36 Å². The van der Waals surface area contributed by atoms with E-state index in [1.807, 2.05) is 0 Å². The quantitative estimate of drug-likeness (QED) is 0.472. The molecule has 4 N–H and O–H groups in total. The van der Waals surface area contributed by atoms with Gasteiger partial charge in [0.25, 0.3) is 0 Å². The first-order valence-electron chi connectivity index (χ1n) is 2.16. The maximum atomic E-state index is 9.99. The second-order valence-electron chi connectivity index (χ2n) is 1.47. The van der Waals surface area contributed by atoms with Crippen LogP contribution in [0, 0.1) is 0 Å². The van der Waals surface area contributed by atoms with Gasteiger partial charge in [-0.15, -0.1) is 0 Å². The second kappa shape index (κ2) is 3.50. The molecule has 9 heavy (non-hydrogen) atoms. The van der Waals surface area contributed by atoms with Crippen molar-refractivity contribution in [2.24, 2.45) is 5.73 Å². The number of carbonyl (C=O) groups is 1. The summed E-state index contributed by atoms with van der Waals surface area (Å²) >= 11 is 0. The van der Waals surface area contributed by atoms with Gasteiger partial charge >= 0.3 is 14.0 Å². The van der Waals surface area contributed by atoms with Crippen molar-refractivity contribution < 1.29 is 19.4 Å². The lowest BCUT2D eigenvalue weighted by Gasteiger charge is -1.89. The maximum absolute atomic E-state index is 9.99. The Balaban J connectivity index is 3.63. The molecule has 0 bridgehead atoms. The van der Waals surface area contributed by atoms with Crippen molar-refractivity contribution in [1.82, 2.24) is 0 Å². The third-order valence-electron chi connectivity index (χ3n) is 0.667. The highest BCUT2D eigenvalue weighted by Crippen LogP contribution is 2.19. The Morgan fingerprint density at radius 1 is 1.78 bits per heavy atom. The molecule has 0 saturated heterocycles. The Kier molecular flexibility index (Phi) is 3.30. The lowest BCUT2D eigenvalue weighted by Crippen LogP contribution is -2.19. The van der Waals surface area contributed by atoms with Crippen LogP contribution >= 0.6 is 8.03 Å². The Labute approximate surface area is 52.4 Å². The molecule has 0 aromatic rings. The van der Waals surface area contributed by atoms with Gasteiger partial charge in [-0.05, 0) is 4.57 Å². The Hall–Kier alpha value is -0.510. The van der Waals surface area contributed by atoms with Gasteiger partial charge in [0.05, 0.1) is 0 Å². The molecular formula is C3H7NO4P+. The molecule has 0 fully saturated rings. The molecule has 0 rings (SSSR count). The first-order chi connectivity index (χ1) is 4.04. The molecule has 5 nitrogen and oxygen atoms in total. The van der Waals surface area contributed by atoms with E-state index < -0.39 is 26.2 Å². The van der Waals surface area contributed by atoms with E-state index in [-0.39, 0.29) is 0 Å². The summed E-state index contributed by atoms with van der Waals surface area (Å²) in [4.78, 5) is 18.0. The van der Waals surface area contributed by atoms with Crippen molar-refractivity contribution >= 4 is 14.0 Å². The fourth-order valence-corrected chi connectivity index (χ4v) is 0.569. The summed E-state index contributed by atoms with van der Waals surface area (Å²) in [6.45, 7) is 0. The highest BCUT2D eigenvalue weighted by atomic mass is 31.1. The molecule has 1 unspecified atom stereocenters. The lowest BCUT2D eigenvalue weighted by atomic mass is 10.4. The molecule has 2 atom stereocenters. The zero-order chi connectivity index (χ0) is 7.44. The van der Waals surface area contributed by atoms with Crippen LogP contribution in [0.4, 0.5) is 0 Å². The number of nitrogens with two attached hydrogens (primary N) is 1. The van der Waals surface area contributed by atoms with Crippen LogP contribution in [0.2, 0.25) is 0 Å². The van der Waals surface area contributed by atoms with Crippen LogP contribution in [-0.4, -0.2) is 21.8 Å². The summed E-state index contributed by atoms with van der Waals surface area (Å²) in [6.07, 6.45) is -0.467. The van der Waals surface area contributed by atoms with E-state index in [1.165, 1.54) is 0 Å². The highest BCUT2D eigenvalue weighted by Gasteiger charge is 2.26. The van der Waals surface area contributed by atoms with Gasteiger partial charge < -0.3 is 5.11 Å². The fraction of sp³-hybridized carbons (Fsp3) is 0.667. The third-order valence-corrected chi connectivity index (χ3v) is 1.42. The molecule has 0 saturated carbocycles. The first kappa shape index (κ1) is 8.49. The standard InChI is InChI=1S/C3H6NO4P/c4-2(9(7)8)1-3(5)6/h2H,1,4H2,(H-,5,6,7,8)/p+1/t2-/m1/s1. The molecule has 0 radical (unpaired) electrons. The van der Waals surface area contributed by atoms with Crippen molar-refractivity contribution in [1.29, 1.82) is 0 Å². The third kappa shape index (κ3) is 4.02. The zero-order valence-electron chi connectivity index (χ0n) is 4.52. The Morgan fingerprint density at radius 2 is 2.22 bits per heavy atom. The molecular weight excluding hydrogens is 145 g/mol. The van der Waals surface area contributed by atoms with Crippen molar-refractivity contribution in [3.05, 3.63) is 0 Å². The van der Waals surface area contributed by atoms with Crippen LogP contribution in [0.3, 0.4) is 0 Å². The topological polar surface area (TPSA) is 101 Å². The van der Waals surface area contributed by atoms with Crippen molar-refractivity contribution in [3.8, 4) is 0 Å². The normalized spacial score (nSPS) is 14.7. The summed E-state index contributed by atoms with van der Waals surface area (Å²) in [5.74, 6) is -2.31. The zero-order valence-corrected chi connectivity index (χ0v) is 5.41. The lowest BCUT2D eigenvalue weighted by molar-refractivity contribution is -0.137. The molecule has 6 heteroatoms. The SMILES string of the molecule is N[C@@H](CC(=O)O)[P+](=O)O. The van der Waals surface area contributed by atoms with Crippen molar-refractivity contribution in [2.45, 2.75) is 12.2 Å². The number of rotatable bonds is 3. The molecule has 0 aromatic heterocycles. The van der Waals surface area contributed by atoms with Gasteiger partial charge in [-0.3, -0.25) is 10.5 Å². The van der Waals surface area contributed by atoms with Crippen LogP contribution in [-0.2, 0) is 9.36 Å². The summed E-state index contributed by atoms with van der Waals surface area (Å²) in [5.41, 5.74) is 4.90. The van der Waals surface area contributed by atoms with Gasteiger partial charge in [0, 0.05) is 0 Å². The number of carboxylic acids is 1. The predicted octanol–water partition coefficient (Wildman–Crippen LogP) is -0.519. The average Bonchev–Trinajstić information content (AvgIpc) is 1.63. The van der Waals surface area contributed by atoms with Gasteiger partial charge in [-0.2, -0.15) is 4.89 Å². The molecule has 0 aliphatic carbocycles. The van der Waals surface area contributed by atoms with E-state index >= 15 is 0 Å². The summed E-state index contributed by atoms with van der Waals surface area (Å²) in [5, 5.41) is 8.01. The number of hydrogen-bond acceptors (Lipinski definition) is 3. The average molecular weight is 152 g/mol. The van der Waals surface area contributed by atoms with Crippen LogP contribution < -0.4 is 5.73 Å². The molecule has 0 aromatic carbocycles. The monoisotopic (exact) mass is 152 g/mol. The van der Waals surface area contributed by atoms with Crippen molar-refractivity contribution in [3.63, 3.8) is 0 Å². The van der Waals surface area contributed by atoms with E-state index in [0.717, 1.165) is 0 Å². The number of aliphatic carboxylic acids is 1. The van der Waals surface area contributed by atoms with Gasteiger partial charge in [-0.1, -0.05) is 0 Å². The van der Waals surface area contributed by atoms with Crippen LogP contribution in [0.5, 0.6) is 0 Å². The predicted molar refractivity (Wildman–Crippen MR) is 30.1 cm³/mol. The van der Waals surface area contributed by atoms with E-state index in [1.54, 1.807) is 0 Å². The smallest absolute Gasteiger partial charge is 0.481 e. The molecule has 0 aliphatic rings. The number of carboxylic acid groups (broad SMARTS) is 1. The summed E-state index contributed by atoms with van der Waals surface area (Å²) in [6, 6.07) is 0. The van der Waals surface area contributed by atoms with Crippen LogP contribution in [0.1, 0.15) is 6.42 Å². The minimum absolute atomic E-state index is 0.467. The van der Waals surface area contributed by atoms with Gasteiger partial charge in [0.1, 0.15) is 6.42 Å². The number of hydrogen-bond donors (Lipinski definition) is 3. The van der Waals surface area contributed by atoms with Gasteiger partial charge in [-0.25, -0.2) is 0 Å². The minimum atomic E-state index is -2.55. The van der Waals surface area contributed by atoms with Crippen molar-refractivity contribution in [2.75, 3.05) is 0 Å². The molecule has 0 spiro atoms. The minimum Gasteiger partial charge on any atom is -0.481 e. The van der Waals surface area contributed by atoms with Crippen LogP contribution in [0.15, 0.2) is 0 Å². The largest absolute Gasteiger partial charge is 0.525 e.